The van der Waals surface area contributed by atoms with Crippen LogP contribution in [0, 0.1) is 0 Å². The summed E-state index contributed by atoms with van der Waals surface area (Å²) in [5.41, 5.74) is 1.69. The fraction of sp³-hybridized carbons (Fsp3) is 0.500. The molecule has 1 aliphatic rings. The van der Waals surface area contributed by atoms with Gasteiger partial charge in [-0.2, -0.15) is 0 Å². The molecule has 5 nitrogen and oxygen atoms in total. The molecule has 1 unspecified atom stereocenters. The number of carbonyl (C=O) groups is 2. The Morgan fingerprint density at radius 1 is 1.10 bits per heavy atom. The summed E-state index contributed by atoms with van der Waals surface area (Å²) in [6.45, 7) is 0.651. The predicted octanol–water partition coefficient (Wildman–Crippen LogP) is 1.45. The van der Waals surface area contributed by atoms with Gasteiger partial charge in [0.2, 0.25) is 5.91 Å². The number of amides is 2. The first-order chi connectivity index (χ1) is 9.91. The molecular formula is C16H23N3O2. The smallest absolute Gasteiger partial charge is 0.254 e. The maximum Gasteiger partial charge on any atom is 0.254 e. The normalized spacial score (nSPS) is 17.7. The summed E-state index contributed by atoms with van der Waals surface area (Å²) in [5, 5.41) is 0. The molecule has 0 spiro atoms. The van der Waals surface area contributed by atoms with Crippen LogP contribution in [-0.2, 0) is 4.79 Å². The molecule has 2 amide bonds. The van der Waals surface area contributed by atoms with Crippen LogP contribution in [0.2, 0.25) is 0 Å². The van der Waals surface area contributed by atoms with Crippen LogP contribution < -0.4 is 4.90 Å². The Hall–Kier alpha value is -2.04. The maximum absolute atomic E-state index is 12.6. The SMILES string of the molecule is CN(C)C(=O)C1CCCN1C(=O)c1ccc(N(C)C)cc1. The highest BCUT2D eigenvalue weighted by atomic mass is 16.2. The number of carbonyl (C=O) groups excluding carboxylic acids is 2. The van der Waals surface area contributed by atoms with E-state index in [9.17, 15) is 9.59 Å². The largest absolute Gasteiger partial charge is 0.378 e. The van der Waals surface area contributed by atoms with Gasteiger partial charge in [0.05, 0.1) is 0 Å². The van der Waals surface area contributed by atoms with Gasteiger partial charge in [-0.25, -0.2) is 0 Å². The van der Waals surface area contributed by atoms with Gasteiger partial charge in [-0.3, -0.25) is 9.59 Å². The number of rotatable bonds is 3. The van der Waals surface area contributed by atoms with E-state index < -0.39 is 0 Å². The van der Waals surface area contributed by atoms with E-state index in [1.54, 1.807) is 23.9 Å². The molecule has 1 aromatic carbocycles. The molecule has 0 N–H and O–H groups in total. The van der Waals surface area contributed by atoms with Gasteiger partial charge < -0.3 is 14.7 Å². The molecule has 114 valence electrons. The molecule has 0 aliphatic carbocycles. The Bertz CT molecular complexity index is 523. The van der Waals surface area contributed by atoms with Crippen LogP contribution in [0.1, 0.15) is 23.2 Å². The number of likely N-dealkylation sites (tertiary alicyclic amines) is 1. The van der Waals surface area contributed by atoms with E-state index in [0.29, 0.717) is 12.1 Å². The number of benzene rings is 1. The molecule has 5 heteroatoms. The molecule has 1 atom stereocenters. The lowest BCUT2D eigenvalue weighted by molar-refractivity contribution is -0.132. The number of likely N-dealkylation sites (N-methyl/N-ethyl adjacent to an activating group) is 1. The van der Waals surface area contributed by atoms with Crippen LogP contribution in [0.15, 0.2) is 24.3 Å². The number of anilines is 1. The second kappa shape index (κ2) is 6.16. The molecular weight excluding hydrogens is 266 g/mol. The zero-order chi connectivity index (χ0) is 15.6. The van der Waals surface area contributed by atoms with Gasteiger partial charge in [0.25, 0.3) is 5.91 Å². The summed E-state index contributed by atoms with van der Waals surface area (Å²) in [6.07, 6.45) is 1.63. The maximum atomic E-state index is 12.6. The third-order valence-electron chi connectivity index (χ3n) is 3.87. The second-order valence-corrected chi connectivity index (χ2v) is 5.83. The molecule has 0 bridgehead atoms. The van der Waals surface area contributed by atoms with Crippen molar-refractivity contribution in [3.8, 4) is 0 Å². The Morgan fingerprint density at radius 3 is 2.24 bits per heavy atom. The summed E-state index contributed by atoms with van der Waals surface area (Å²) in [6, 6.07) is 7.18. The van der Waals surface area contributed by atoms with Gasteiger partial charge >= 0.3 is 0 Å². The number of nitrogens with zero attached hydrogens (tertiary/aromatic N) is 3. The monoisotopic (exact) mass is 289 g/mol. The average molecular weight is 289 g/mol. The first-order valence-electron chi connectivity index (χ1n) is 7.21. The minimum absolute atomic E-state index is 0.00533. The molecule has 1 fully saturated rings. The standard InChI is InChI=1S/C16H23N3O2/c1-17(2)13-9-7-12(8-10-13)15(20)19-11-5-6-14(19)16(21)18(3)4/h7-10,14H,5-6,11H2,1-4H3. The molecule has 0 saturated carbocycles. The zero-order valence-corrected chi connectivity index (χ0v) is 13.2. The van der Waals surface area contributed by atoms with Gasteiger partial charge in [0.1, 0.15) is 6.04 Å². The van der Waals surface area contributed by atoms with Crippen molar-refractivity contribution in [3.05, 3.63) is 29.8 Å². The van der Waals surface area contributed by atoms with Crippen molar-refractivity contribution in [2.24, 2.45) is 0 Å². The topological polar surface area (TPSA) is 43.9 Å². The van der Waals surface area contributed by atoms with Gasteiger partial charge in [-0.1, -0.05) is 0 Å². The predicted molar refractivity (Wildman–Crippen MR) is 83.5 cm³/mol. The van der Waals surface area contributed by atoms with E-state index in [0.717, 1.165) is 18.5 Å². The Labute approximate surface area is 126 Å². The highest BCUT2D eigenvalue weighted by Gasteiger charge is 2.35. The van der Waals surface area contributed by atoms with Crippen LogP contribution in [0.4, 0.5) is 5.69 Å². The van der Waals surface area contributed by atoms with Crippen LogP contribution in [0.5, 0.6) is 0 Å². The molecule has 1 aliphatic heterocycles. The average Bonchev–Trinajstić information content (AvgIpc) is 2.94. The van der Waals surface area contributed by atoms with Crippen molar-refractivity contribution in [3.63, 3.8) is 0 Å². The van der Waals surface area contributed by atoms with Crippen molar-refractivity contribution in [1.82, 2.24) is 9.80 Å². The second-order valence-electron chi connectivity index (χ2n) is 5.83. The van der Waals surface area contributed by atoms with Crippen molar-refractivity contribution >= 4 is 17.5 Å². The van der Waals surface area contributed by atoms with Gasteiger partial charge in [-0.15, -0.1) is 0 Å². The van der Waals surface area contributed by atoms with Crippen molar-refractivity contribution in [1.29, 1.82) is 0 Å². The highest BCUT2D eigenvalue weighted by Crippen LogP contribution is 2.22. The van der Waals surface area contributed by atoms with E-state index in [2.05, 4.69) is 0 Å². The minimum atomic E-state index is -0.318. The zero-order valence-electron chi connectivity index (χ0n) is 13.2. The van der Waals surface area contributed by atoms with E-state index in [4.69, 9.17) is 0 Å². The summed E-state index contributed by atoms with van der Waals surface area (Å²) in [7, 11) is 7.39. The lowest BCUT2D eigenvalue weighted by Crippen LogP contribution is -2.45. The molecule has 1 saturated heterocycles. The molecule has 1 aromatic rings. The van der Waals surface area contributed by atoms with E-state index in [1.807, 2.05) is 43.3 Å². The fourth-order valence-corrected chi connectivity index (χ4v) is 2.63. The lowest BCUT2D eigenvalue weighted by Gasteiger charge is -2.26. The number of hydrogen-bond donors (Lipinski definition) is 0. The summed E-state index contributed by atoms with van der Waals surface area (Å²) in [4.78, 5) is 30.0. The third-order valence-corrected chi connectivity index (χ3v) is 3.87. The molecule has 0 radical (unpaired) electrons. The quantitative estimate of drug-likeness (QED) is 0.846. The third kappa shape index (κ3) is 3.17. The van der Waals surface area contributed by atoms with Crippen molar-refractivity contribution in [2.75, 3.05) is 39.6 Å². The molecule has 1 heterocycles. The molecule has 2 rings (SSSR count). The molecule has 21 heavy (non-hydrogen) atoms. The van der Waals surface area contributed by atoms with Gasteiger partial charge in [0, 0.05) is 46.0 Å². The number of hydrogen-bond acceptors (Lipinski definition) is 3. The van der Waals surface area contributed by atoms with Crippen LogP contribution in [0.25, 0.3) is 0 Å². The van der Waals surface area contributed by atoms with Crippen LogP contribution in [0.3, 0.4) is 0 Å². The van der Waals surface area contributed by atoms with E-state index in [-0.39, 0.29) is 17.9 Å². The summed E-state index contributed by atoms with van der Waals surface area (Å²) >= 11 is 0. The Morgan fingerprint density at radius 2 is 1.71 bits per heavy atom. The summed E-state index contributed by atoms with van der Waals surface area (Å²) in [5.74, 6) is -0.0521. The highest BCUT2D eigenvalue weighted by molar-refractivity contribution is 5.98. The van der Waals surface area contributed by atoms with E-state index >= 15 is 0 Å². The minimum Gasteiger partial charge on any atom is -0.378 e. The first-order valence-corrected chi connectivity index (χ1v) is 7.21. The Balaban J connectivity index is 2.16. The summed E-state index contributed by atoms with van der Waals surface area (Å²) < 4.78 is 0. The lowest BCUT2D eigenvalue weighted by atomic mass is 10.1. The van der Waals surface area contributed by atoms with Crippen LogP contribution >= 0.6 is 0 Å². The molecule has 0 aromatic heterocycles. The van der Waals surface area contributed by atoms with Gasteiger partial charge in [-0.05, 0) is 37.1 Å². The van der Waals surface area contributed by atoms with Crippen molar-refractivity contribution in [2.45, 2.75) is 18.9 Å². The van der Waals surface area contributed by atoms with Gasteiger partial charge in [0.15, 0.2) is 0 Å². The fourth-order valence-electron chi connectivity index (χ4n) is 2.63. The van der Waals surface area contributed by atoms with E-state index in [1.165, 1.54) is 0 Å². The first kappa shape index (κ1) is 15.4. The van der Waals surface area contributed by atoms with Crippen molar-refractivity contribution < 1.29 is 9.59 Å². The Kier molecular flexibility index (Phi) is 4.50. The van der Waals surface area contributed by atoms with Crippen LogP contribution in [-0.4, -0.2) is 62.4 Å².